The van der Waals surface area contributed by atoms with Crippen molar-refractivity contribution < 1.29 is 14.0 Å². The Labute approximate surface area is 188 Å². The van der Waals surface area contributed by atoms with Crippen LogP contribution in [0.3, 0.4) is 0 Å². The van der Waals surface area contributed by atoms with E-state index < -0.39 is 17.1 Å². The maximum atomic E-state index is 15.7. The molecule has 0 unspecified atom stereocenters. The summed E-state index contributed by atoms with van der Waals surface area (Å²) in [6.45, 7) is 4.09. The van der Waals surface area contributed by atoms with Crippen molar-refractivity contribution in [1.29, 1.82) is 0 Å². The van der Waals surface area contributed by atoms with Crippen LogP contribution in [0.2, 0.25) is 0 Å². The summed E-state index contributed by atoms with van der Waals surface area (Å²) in [6, 6.07) is 11.7. The summed E-state index contributed by atoms with van der Waals surface area (Å²) in [5, 5.41) is 10.8. The summed E-state index contributed by atoms with van der Waals surface area (Å²) in [6.07, 6.45) is 4.88. The second kappa shape index (κ2) is 9.32. The highest BCUT2D eigenvalue weighted by Gasteiger charge is 2.46. The molecule has 2 aromatic rings. The number of halogens is 1. The molecule has 2 amide bonds. The van der Waals surface area contributed by atoms with Gasteiger partial charge < -0.3 is 10.2 Å². The quantitative estimate of drug-likeness (QED) is 0.774. The van der Waals surface area contributed by atoms with Crippen molar-refractivity contribution >= 4 is 11.8 Å². The molecule has 3 heterocycles. The molecule has 2 aliphatic rings. The predicted octanol–water partition coefficient (Wildman–Crippen LogP) is 2.43. The van der Waals surface area contributed by atoms with E-state index >= 15 is 4.39 Å². The molecule has 1 N–H and O–H groups in total. The summed E-state index contributed by atoms with van der Waals surface area (Å²) in [4.78, 5) is 28.8. The lowest BCUT2D eigenvalue weighted by atomic mass is 9.80. The van der Waals surface area contributed by atoms with E-state index in [0.717, 1.165) is 11.1 Å². The maximum Gasteiger partial charge on any atom is 0.260 e. The highest BCUT2D eigenvalue weighted by Crippen LogP contribution is 2.36. The monoisotopic (exact) mass is 439 g/mol. The second-order valence-corrected chi connectivity index (χ2v) is 8.91. The number of rotatable bonds is 5. The fourth-order valence-electron chi connectivity index (χ4n) is 4.90. The number of nitrogens with zero attached hydrogens (tertiary/aromatic N) is 4. The van der Waals surface area contributed by atoms with Crippen molar-refractivity contribution in [2.24, 2.45) is 0 Å². The molecule has 1 aromatic carbocycles. The van der Waals surface area contributed by atoms with Gasteiger partial charge in [0.2, 0.25) is 5.91 Å². The fraction of sp³-hybridized carbons (Fsp3) is 0.500. The number of benzene rings is 1. The molecule has 32 heavy (non-hydrogen) atoms. The Morgan fingerprint density at radius 1 is 1.00 bits per heavy atom. The molecule has 170 valence electrons. The van der Waals surface area contributed by atoms with Crippen LogP contribution in [0.15, 0.2) is 48.8 Å². The van der Waals surface area contributed by atoms with Crippen molar-refractivity contribution in [3.05, 3.63) is 59.9 Å². The Morgan fingerprint density at radius 3 is 2.28 bits per heavy atom. The van der Waals surface area contributed by atoms with E-state index in [-0.39, 0.29) is 18.7 Å². The van der Waals surface area contributed by atoms with Crippen LogP contribution < -0.4 is 5.32 Å². The molecular formula is C24H30FN5O2. The third-order valence-electron chi connectivity index (χ3n) is 6.73. The first-order valence-electron chi connectivity index (χ1n) is 11.2. The third-order valence-corrected chi connectivity index (χ3v) is 6.73. The SMILES string of the molecule is CC(=O)NC1(c2ccccc2)CCN(C(=O)C2(F)CCN(Cc3ccnnc3)CC2)CC1. The number of likely N-dealkylation sites (tertiary alicyclic amines) is 2. The second-order valence-electron chi connectivity index (χ2n) is 8.91. The van der Waals surface area contributed by atoms with Crippen LogP contribution >= 0.6 is 0 Å². The summed E-state index contributed by atoms with van der Waals surface area (Å²) in [5.74, 6) is -0.514. The van der Waals surface area contributed by atoms with Gasteiger partial charge in [-0.25, -0.2) is 4.39 Å². The molecule has 0 atom stereocenters. The Balaban J connectivity index is 1.37. The molecular weight excluding hydrogens is 409 g/mol. The minimum absolute atomic E-state index is 0.104. The van der Waals surface area contributed by atoms with E-state index in [1.807, 2.05) is 36.4 Å². The molecule has 2 aliphatic heterocycles. The molecule has 0 radical (unpaired) electrons. The van der Waals surface area contributed by atoms with Gasteiger partial charge in [0.15, 0.2) is 5.67 Å². The smallest absolute Gasteiger partial charge is 0.260 e. The zero-order valence-corrected chi connectivity index (χ0v) is 18.5. The van der Waals surface area contributed by atoms with E-state index in [2.05, 4.69) is 20.4 Å². The minimum atomic E-state index is -1.83. The normalized spacial score (nSPS) is 20.5. The summed E-state index contributed by atoms with van der Waals surface area (Å²) in [5.41, 5.74) is -0.289. The lowest BCUT2D eigenvalue weighted by Gasteiger charge is -2.45. The van der Waals surface area contributed by atoms with Crippen LogP contribution in [-0.4, -0.2) is 63.7 Å². The molecule has 0 bridgehead atoms. The molecule has 7 nitrogen and oxygen atoms in total. The fourth-order valence-corrected chi connectivity index (χ4v) is 4.90. The van der Waals surface area contributed by atoms with Crippen LogP contribution in [0.4, 0.5) is 4.39 Å². The van der Waals surface area contributed by atoms with Crippen molar-refractivity contribution in [3.63, 3.8) is 0 Å². The van der Waals surface area contributed by atoms with Gasteiger partial charge in [-0.15, -0.1) is 0 Å². The first-order valence-corrected chi connectivity index (χ1v) is 11.2. The van der Waals surface area contributed by atoms with Crippen molar-refractivity contribution in [2.75, 3.05) is 26.2 Å². The Bertz CT molecular complexity index is 924. The number of alkyl halides is 1. The summed E-state index contributed by atoms with van der Waals surface area (Å²) < 4.78 is 15.7. The van der Waals surface area contributed by atoms with Gasteiger partial charge in [0.25, 0.3) is 5.91 Å². The molecule has 1 aromatic heterocycles. The number of carbonyl (C=O) groups excluding carboxylic acids is 2. The number of amides is 2. The largest absolute Gasteiger partial charge is 0.347 e. The van der Waals surface area contributed by atoms with Gasteiger partial charge in [0, 0.05) is 58.7 Å². The number of hydrogen-bond acceptors (Lipinski definition) is 5. The molecule has 0 aliphatic carbocycles. The number of piperidine rings is 2. The van der Waals surface area contributed by atoms with E-state index in [0.29, 0.717) is 45.6 Å². The van der Waals surface area contributed by atoms with Crippen LogP contribution in [0.1, 0.15) is 43.7 Å². The average molecular weight is 440 g/mol. The minimum Gasteiger partial charge on any atom is -0.347 e. The number of carbonyl (C=O) groups is 2. The Morgan fingerprint density at radius 2 is 1.69 bits per heavy atom. The zero-order valence-electron chi connectivity index (χ0n) is 18.5. The van der Waals surface area contributed by atoms with Gasteiger partial charge in [0.1, 0.15) is 0 Å². The molecule has 0 spiro atoms. The Kier molecular flexibility index (Phi) is 6.50. The molecule has 0 saturated carbocycles. The summed E-state index contributed by atoms with van der Waals surface area (Å²) in [7, 11) is 0. The average Bonchev–Trinajstić information content (AvgIpc) is 2.81. The topological polar surface area (TPSA) is 78.4 Å². The van der Waals surface area contributed by atoms with Crippen LogP contribution in [-0.2, 0) is 21.7 Å². The van der Waals surface area contributed by atoms with Crippen LogP contribution in [0, 0.1) is 0 Å². The van der Waals surface area contributed by atoms with Crippen molar-refractivity contribution in [2.45, 2.75) is 50.4 Å². The standard InChI is InChI=1S/C24H30FN5O2/c1-19(31)28-24(21-5-3-2-4-6-21)10-15-30(16-11-24)22(32)23(25)8-13-29(14-9-23)18-20-7-12-26-27-17-20/h2-7,12,17H,8-11,13-16,18H2,1H3,(H,28,31). The van der Waals surface area contributed by atoms with E-state index in [4.69, 9.17) is 0 Å². The lowest BCUT2D eigenvalue weighted by Crippen LogP contribution is -2.58. The van der Waals surface area contributed by atoms with E-state index in [9.17, 15) is 9.59 Å². The third kappa shape index (κ3) is 4.80. The van der Waals surface area contributed by atoms with Gasteiger partial charge >= 0.3 is 0 Å². The molecule has 4 rings (SSSR count). The molecule has 8 heteroatoms. The summed E-state index contributed by atoms with van der Waals surface area (Å²) >= 11 is 0. The van der Waals surface area contributed by atoms with Gasteiger partial charge in [-0.2, -0.15) is 10.2 Å². The van der Waals surface area contributed by atoms with E-state index in [1.54, 1.807) is 17.3 Å². The predicted molar refractivity (Wildman–Crippen MR) is 118 cm³/mol. The Hall–Kier alpha value is -2.87. The highest BCUT2D eigenvalue weighted by atomic mass is 19.1. The number of nitrogens with one attached hydrogen (secondary N) is 1. The van der Waals surface area contributed by atoms with Gasteiger partial charge in [-0.3, -0.25) is 14.5 Å². The van der Waals surface area contributed by atoms with E-state index in [1.165, 1.54) is 6.92 Å². The lowest BCUT2D eigenvalue weighted by molar-refractivity contribution is -0.149. The van der Waals surface area contributed by atoms with Gasteiger partial charge in [0.05, 0.1) is 11.7 Å². The van der Waals surface area contributed by atoms with Crippen molar-refractivity contribution in [3.8, 4) is 0 Å². The van der Waals surface area contributed by atoms with Gasteiger partial charge in [-0.05, 0) is 30.0 Å². The maximum absolute atomic E-state index is 15.7. The number of hydrogen-bond donors (Lipinski definition) is 1. The van der Waals surface area contributed by atoms with Crippen molar-refractivity contribution in [1.82, 2.24) is 25.3 Å². The number of aromatic nitrogens is 2. The van der Waals surface area contributed by atoms with Gasteiger partial charge in [-0.1, -0.05) is 30.3 Å². The first kappa shape index (κ1) is 22.3. The molecule has 2 fully saturated rings. The zero-order chi connectivity index (χ0) is 22.6. The highest BCUT2D eigenvalue weighted by molar-refractivity contribution is 5.85. The first-order chi connectivity index (χ1) is 15.4. The molecule has 2 saturated heterocycles. The van der Waals surface area contributed by atoms with Crippen LogP contribution in [0.25, 0.3) is 0 Å². The van der Waals surface area contributed by atoms with Crippen LogP contribution in [0.5, 0.6) is 0 Å².